The summed E-state index contributed by atoms with van der Waals surface area (Å²) in [6.45, 7) is 13.1. The molecule has 0 unspecified atom stereocenters. The van der Waals surface area contributed by atoms with Crippen molar-refractivity contribution in [2.45, 2.75) is 92.9 Å². The van der Waals surface area contributed by atoms with Gasteiger partial charge in [0.2, 0.25) is 0 Å². The molecule has 4 aromatic carbocycles. The van der Waals surface area contributed by atoms with Crippen molar-refractivity contribution in [2.24, 2.45) is 0 Å². The van der Waals surface area contributed by atoms with Crippen molar-refractivity contribution in [3.8, 4) is 44.9 Å². The number of hydrogen-bond acceptors (Lipinski definition) is 2. The van der Waals surface area contributed by atoms with Gasteiger partial charge in [-0.3, -0.25) is 0 Å². The molecule has 0 fully saturated rings. The summed E-state index contributed by atoms with van der Waals surface area (Å²) in [5.74, 6) is 1.33. The van der Waals surface area contributed by atoms with Gasteiger partial charge in [0, 0.05) is 22.3 Å². The number of aromatic hydroxyl groups is 1. The molecule has 2 aliphatic rings. The molecule has 0 saturated heterocycles. The summed E-state index contributed by atoms with van der Waals surface area (Å²) >= 11 is 0. The van der Waals surface area contributed by atoms with Crippen LogP contribution in [0.15, 0.2) is 36.4 Å². The molecular formula is C39H44O2. The monoisotopic (exact) mass is 544 g/mol. The highest BCUT2D eigenvalue weighted by Gasteiger charge is 2.31. The lowest BCUT2D eigenvalue weighted by Crippen LogP contribution is -2.11. The highest BCUT2D eigenvalue weighted by molar-refractivity contribution is 5.95. The number of fused-ring (bicyclic) bond motifs is 2. The lowest BCUT2D eigenvalue weighted by Gasteiger charge is -2.30. The van der Waals surface area contributed by atoms with Crippen LogP contribution in [-0.2, 0) is 25.7 Å². The number of rotatable bonds is 4. The SMILES string of the molecule is COc1c(-c2c(C)cc(C)cc2C)cc2c(c1-c1c(O)c(-c3c(C)cc(C)cc3C)cc3c1CCCC3)CCCC2. The van der Waals surface area contributed by atoms with Crippen LogP contribution in [0.5, 0.6) is 11.5 Å². The fraction of sp³-hybridized carbons (Fsp3) is 0.385. The van der Waals surface area contributed by atoms with Gasteiger partial charge < -0.3 is 9.84 Å². The second-order valence-corrected chi connectivity index (χ2v) is 12.7. The van der Waals surface area contributed by atoms with E-state index in [1.807, 2.05) is 7.11 Å². The lowest BCUT2D eigenvalue weighted by atomic mass is 9.76. The Bertz CT molecular complexity index is 1640. The van der Waals surface area contributed by atoms with Gasteiger partial charge in [0.25, 0.3) is 0 Å². The lowest BCUT2D eigenvalue weighted by molar-refractivity contribution is 0.416. The Morgan fingerprint density at radius 3 is 1.41 bits per heavy atom. The standard InChI is InChI=1S/C39H44O2/c1-22-16-24(3)34(25(4)17-22)32-20-28-12-8-10-14-30(28)36(38(32)40)37-31-15-11-9-13-29(31)21-33(39(37)41-7)35-26(5)18-23(2)19-27(35)6/h16-21,40H,8-15H2,1-7H3. The number of hydrogen-bond donors (Lipinski definition) is 1. The number of benzene rings is 4. The average molecular weight is 545 g/mol. The van der Waals surface area contributed by atoms with Gasteiger partial charge in [0.1, 0.15) is 11.5 Å². The van der Waals surface area contributed by atoms with Crippen LogP contribution in [0.1, 0.15) is 81.3 Å². The van der Waals surface area contributed by atoms with Crippen LogP contribution in [-0.4, -0.2) is 12.2 Å². The molecule has 2 nitrogen and oxygen atoms in total. The normalized spacial score (nSPS) is 14.5. The largest absolute Gasteiger partial charge is 0.507 e. The van der Waals surface area contributed by atoms with Crippen LogP contribution in [0.25, 0.3) is 33.4 Å². The number of ether oxygens (including phenoxy) is 1. The second kappa shape index (κ2) is 10.7. The minimum Gasteiger partial charge on any atom is -0.507 e. The molecule has 4 aromatic rings. The maximum Gasteiger partial charge on any atom is 0.134 e. The predicted octanol–water partition coefficient (Wildman–Crippen LogP) is 10.0. The van der Waals surface area contributed by atoms with E-state index >= 15 is 0 Å². The van der Waals surface area contributed by atoms with E-state index in [1.165, 1.54) is 80.5 Å². The Hall–Kier alpha value is -3.52. The summed E-state index contributed by atoms with van der Waals surface area (Å²) in [6, 6.07) is 13.8. The Morgan fingerprint density at radius 2 is 0.927 bits per heavy atom. The van der Waals surface area contributed by atoms with Crippen molar-refractivity contribution in [2.75, 3.05) is 7.11 Å². The van der Waals surface area contributed by atoms with E-state index in [0.29, 0.717) is 5.75 Å². The Balaban J connectivity index is 1.75. The van der Waals surface area contributed by atoms with Crippen molar-refractivity contribution in [1.29, 1.82) is 0 Å². The van der Waals surface area contributed by atoms with E-state index in [1.54, 1.807) is 0 Å². The molecule has 2 aliphatic carbocycles. The Morgan fingerprint density at radius 1 is 0.512 bits per heavy atom. The summed E-state index contributed by atoms with van der Waals surface area (Å²) in [4.78, 5) is 0. The van der Waals surface area contributed by atoms with E-state index < -0.39 is 0 Å². The highest BCUT2D eigenvalue weighted by atomic mass is 16.5. The van der Waals surface area contributed by atoms with Gasteiger partial charge >= 0.3 is 0 Å². The van der Waals surface area contributed by atoms with Gasteiger partial charge in [-0.2, -0.15) is 0 Å². The summed E-state index contributed by atoms with van der Waals surface area (Å²) < 4.78 is 6.44. The van der Waals surface area contributed by atoms with Gasteiger partial charge in [-0.1, -0.05) is 35.4 Å². The summed E-state index contributed by atoms with van der Waals surface area (Å²) in [5, 5.41) is 12.4. The average Bonchev–Trinajstić information content (AvgIpc) is 2.92. The van der Waals surface area contributed by atoms with Crippen LogP contribution in [0.4, 0.5) is 0 Å². The maximum atomic E-state index is 12.4. The molecule has 0 amide bonds. The fourth-order valence-electron chi connectivity index (χ4n) is 8.11. The molecule has 0 radical (unpaired) electrons. The maximum absolute atomic E-state index is 12.4. The van der Waals surface area contributed by atoms with E-state index in [0.717, 1.165) is 65.7 Å². The van der Waals surface area contributed by atoms with Crippen molar-refractivity contribution >= 4 is 0 Å². The van der Waals surface area contributed by atoms with Crippen LogP contribution < -0.4 is 4.74 Å². The zero-order chi connectivity index (χ0) is 29.0. The molecule has 0 spiro atoms. The molecule has 6 rings (SSSR count). The second-order valence-electron chi connectivity index (χ2n) is 12.7. The number of aryl methyl sites for hydroxylation is 8. The number of methoxy groups -OCH3 is 1. The molecule has 0 saturated carbocycles. The molecule has 0 aromatic heterocycles. The van der Waals surface area contributed by atoms with Crippen LogP contribution in [0.2, 0.25) is 0 Å². The van der Waals surface area contributed by atoms with Crippen LogP contribution >= 0.6 is 0 Å². The topological polar surface area (TPSA) is 29.5 Å². The van der Waals surface area contributed by atoms with E-state index in [-0.39, 0.29) is 0 Å². The third kappa shape index (κ3) is 4.66. The van der Waals surface area contributed by atoms with Crippen LogP contribution in [0, 0.1) is 41.5 Å². The third-order valence-corrected chi connectivity index (χ3v) is 9.57. The fourth-order valence-corrected chi connectivity index (χ4v) is 8.11. The van der Waals surface area contributed by atoms with Gasteiger partial charge in [-0.25, -0.2) is 0 Å². The molecule has 2 heteroatoms. The summed E-state index contributed by atoms with van der Waals surface area (Å²) in [7, 11) is 1.82. The molecule has 0 bridgehead atoms. The van der Waals surface area contributed by atoms with E-state index in [2.05, 4.69) is 77.9 Å². The summed E-state index contributed by atoms with van der Waals surface area (Å²) in [5.41, 5.74) is 19.7. The van der Waals surface area contributed by atoms with Gasteiger partial charge in [0.15, 0.2) is 0 Å². The molecule has 212 valence electrons. The first-order valence-corrected chi connectivity index (χ1v) is 15.5. The number of phenolic OH excluding ortho intramolecular Hbond substituents is 1. The molecule has 1 N–H and O–H groups in total. The molecule has 0 atom stereocenters. The zero-order valence-corrected chi connectivity index (χ0v) is 26.0. The van der Waals surface area contributed by atoms with Gasteiger partial charge in [0.05, 0.1) is 7.11 Å². The van der Waals surface area contributed by atoms with Crippen molar-refractivity contribution in [1.82, 2.24) is 0 Å². The molecule has 0 aliphatic heterocycles. The molecule has 0 heterocycles. The summed E-state index contributed by atoms with van der Waals surface area (Å²) in [6.07, 6.45) is 8.87. The Labute approximate surface area is 246 Å². The first-order chi connectivity index (χ1) is 19.7. The Kier molecular flexibility index (Phi) is 7.22. The molecule has 41 heavy (non-hydrogen) atoms. The first kappa shape index (κ1) is 27.6. The number of phenols is 1. The van der Waals surface area contributed by atoms with Crippen molar-refractivity contribution < 1.29 is 9.84 Å². The smallest absolute Gasteiger partial charge is 0.134 e. The van der Waals surface area contributed by atoms with Crippen molar-refractivity contribution in [3.05, 3.63) is 92.0 Å². The van der Waals surface area contributed by atoms with E-state index in [9.17, 15) is 5.11 Å². The highest BCUT2D eigenvalue weighted by Crippen LogP contribution is 2.53. The minimum atomic E-state index is 0.418. The van der Waals surface area contributed by atoms with Crippen molar-refractivity contribution in [3.63, 3.8) is 0 Å². The van der Waals surface area contributed by atoms with Gasteiger partial charge in [-0.15, -0.1) is 0 Å². The first-order valence-electron chi connectivity index (χ1n) is 15.5. The van der Waals surface area contributed by atoms with Crippen LogP contribution in [0.3, 0.4) is 0 Å². The third-order valence-electron chi connectivity index (χ3n) is 9.57. The van der Waals surface area contributed by atoms with Gasteiger partial charge in [-0.05, 0) is 161 Å². The molecular weight excluding hydrogens is 500 g/mol. The minimum absolute atomic E-state index is 0.418. The zero-order valence-electron chi connectivity index (χ0n) is 26.0. The quantitative estimate of drug-likeness (QED) is 0.277. The van der Waals surface area contributed by atoms with E-state index in [4.69, 9.17) is 4.74 Å². The predicted molar refractivity (Wildman–Crippen MR) is 173 cm³/mol.